The lowest BCUT2D eigenvalue weighted by Gasteiger charge is -2.24. The fraction of sp³-hybridized carbons (Fsp3) is 0.136. The molecule has 0 amide bonds. The van der Waals surface area contributed by atoms with Crippen molar-refractivity contribution in [3.8, 4) is 5.75 Å². The Kier molecular flexibility index (Phi) is 5.15. The zero-order valence-electron chi connectivity index (χ0n) is 15.7. The minimum absolute atomic E-state index is 0.0472. The molecule has 4 rings (SSSR count). The summed E-state index contributed by atoms with van der Waals surface area (Å²) in [6.45, 7) is 0. The molecule has 30 heavy (non-hydrogen) atoms. The Morgan fingerprint density at radius 1 is 0.800 bits per heavy atom. The zero-order chi connectivity index (χ0) is 21.4. The molecule has 3 nitrogen and oxygen atoms in total. The largest absolute Gasteiger partial charge is 0.497 e. The first kappa shape index (κ1) is 19.9. The molecular weight excluding hydrogens is 403 g/mol. The van der Waals surface area contributed by atoms with E-state index in [0.717, 1.165) is 5.56 Å². The normalized spacial score (nSPS) is 16.0. The van der Waals surface area contributed by atoms with E-state index in [1.807, 2.05) is 6.07 Å². The number of benzene rings is 3. The standard InChI is InChI=1S/C22H15F5N2O/c1-30-14-9-7-13(8-10-14)29-16(12-5-3-2-4-6-12)11-15(28-29)17-18(23)20(25)22(27)21(26)19(17)24/h2-10,16H,11H2,1H3/t16-/m0/s1. The van der Waals surface area contributed by atoms with Gasteiger partial charge in [0.1, 0.15) is 5.75 Å². The number of rotatable bonds is 4. The van der Waals surface area contributed by atoms with Crippen LogP contribution in [0.15, 0.2) is 59.7 Å². The Morgan fingerprint density at radius 3 is 1.93 bits per heavy atom. The molecule has 0 saturated carbocycles. The van der Waals surface area contributed by atoms with Crippen LogP contribution in [0.25, 0.3) is 0 Å². The van der Waals surface area contributed by atoms with Crippen LogP contribution in [0.1, 0.15) is 23.6 Å². The smallest absolute Gasteiger partial charge is 0.200 e. The van der Waals surface area contributed by atoms with Gasteiger partial charge in [-0.25, -0.2) is 22.0 Å². The van der Waals surface area contributed by atoms with Crippen molar-refractivity contribution in [2.45, 2.75) is 12.5 Å². The van der Waals surface area contributed by atoms with Crippen molar-refractivity contribution in [1.82, 2.24) is 0 Å². The van der Waals surface area contributed by atoms with Crippen LogP contribution < -0.4 is 9.75 Å². The van der Waals surface area contributed by atoms with Crippen molar-refractivity contribution in [2.24, 2.45) is 5.10 Å². The van der Waals surface area contributed by atoms with Gasteiger partial charge in [0, 0.05) is 6.42 Å². The van der Waals surface area contributed by atoms with E-state index < -0.39 is 40.7 Å². The number of hydrogen-bond donors (Lipinski definition) is 0. The van der Waals surface area contributed by atoms with Gasteiger partial charge in [0.25, 0.3) is 0 Å². The predicted molar refractivity (Wildman–Crippen MR) is 102 cm³/mol. The van der Waals surface area contributed by atoms with Crippen molar-refractivity contribution in [2.75, 3.05) is 12.1 Å². The lowest BCUT2D eigenvalue weighted by Crippen LogP contribution is -2.18. The van der Waals surface area contributed by atoms with Crippen molar-refractivity contribution in [3.63, 3.8) is 0 Å². The van der Waals surface area contributed by atoms with Crippen LogP contribution in [0.2, 0.25) is 0 Å². The third kappa shape index (κ3) is 3.28. The Balaban J connectivity index is 1.84. The van der Waals surface area contributed by atoms with Crippen LogP contribution >= 0.6 is 0 Å². The number of hydrazone groups is 1. The summed E-state index contributed by atoms with van der Waals surface area (Å²) in [4.78, 5) is 0. The summed E-state index contributed by atoms with van der Waals surface area (Å²) in [6.07, 6.45) is -0.0472. The maximum atomic E-state index is 14.4. The number of halogens is 5. The molecule has 0 bridgehead atoms. The molecule has 0 spiro atoms. The second-order valence-electron chi connectivity index (χ2n) is 6.66. The molecule has 1 heterocycles. The molecule has 1 aliphatic rings. The Hall–Kier alpha value is -3.42. The van der Waals surface area contributed by atoms with E-state index in [9.17, 15) is 22.0 Å². The van der Waals surface area contributed by atoms with Crippen LogP contribution in [0.4, 0.5) is 27.6 Å². The van der Waals surface area contributed by atoms with Gasteiger partial charge in [-0.15, -0.1) is 0 Å². The van der Waals surface area contributed by atoms with Gasteiger partial charge < -0.3 is 4.74 Å². The van der Waals surface area contributed by atoms with Crippen LogP contribution in [-0.2, 0) is 0 Å². The Labute approximate surface area is 169 Å². The number of anilines is 1. The van der Waals surface area contributed by atoms with Gasteiger partial charge in [0.15, 0.2) is 23.3 Å². The quantitative estimate of drug-likeness (QED) is 0.306. The summed E-state index contributed by atoms with van der Waals surface area (Å²) in [5.74, 6) is -9.38. The topological polar surface area (TPSA) is 24.8 Å². The van der Waals surface area contributed by atoms with Gasteiger partial charge in [-0.3, -0.25) is 5.01 Å². The molecule has 0 fully saturated rings. The molecule has 1 atom stereocenters. The monoisotopic (exact) mass is 418 g/mol. The van der Waals surface area contributed by atoms with Crippen molar-refractivity contribution in [3.05, 3.63) is 94.8 Å². The molecule has 154 valence electrons. The minimum Gasteiger partial charge on any atom is -0.497 e. The second kappa shape index (κ2) is 7.78. The molecule has 0 aromatic heterocycles. The highest BCUT2D eigenvalue weighted by Crippen LogP contribution is 2.38. The first-order chi connectivity index (χ1) is 14.4. The van der Waals surface area contributed by atoms with E-state index in [1.54, 1.807) is 48.5 Å². The van der Waals surface area contributed by atoms with Gasteiger partial charge >= 0.3 is 0 Å². The highest BCUT2D eigenvalue weighted by atomic mass is 19.2. The third-order valence-corrected chi connectivity index (χ3v) is 4.93. The van der Waals surface area contributed by atoms with Crippen LogP contribution in [0.5, 0.6) is 5.75 Å². The van der Waals surface area contributed by atoms with E-state index in [4.69, 9.17) is 4.74 Å². The fourth-order valence-corrected chi connectivity index (χ4v) is 3.43. The van der Waals surface area contributed by atoms with Gasteiger partial charge in [-0.05, 0) is 29.8 Å². The van der Waals surface area contributed by atoms with E-state index in [0.29, 0.717) is 11.4 Å². The summed E-state index contributed by atoms with van der Waals surface area (Å²) in [5, 5.41) is 5.75. The first-order valence-corrected chi connectivity index (χ1v) is 9.00. The van der Waals surface area contributed by atoms with Crippen LogP contribution in [0.3, 0.4) is 0 Å². The van der Waals surface area contributed by atoms with Crippen molar-refractivity contribution in [1.29, 1.82) is 0 Å². The molecule has 0 aliphatic carbocycles. The summed E-state index contributed by atoms with van der Waals surface area (Å²) in [5.41, 5.74) is 0.107. The Morgan fingerprint density at radius 2 is 1.37 bits per heavy atom. The van der Waals surface area contributed by atoms with E-state index in [2.05, 4.69) is 5.10 Å². The molecule has 0 saturated heterocycles. The van der Waals surface area contributed by atoms with Crippen molar-refractivity contribution >= 4 is 11.4 Å². The molecule has 3 aromatic rings. The summed E-state index contributed by atoms with van der Waals surface area (Å²) in [7, 11) is 1.51. The number of hydrogen-bond acceptors (Lipinski definition) is 3. The third-order valence-electron chi connectivity index (χ3n) is 4.93. The highest BCUT2D eigenvalue weighted by Gasteiger charge is 2.35. The molecule has 8 heteroatoms. The average molecular weight is 418 g/mol. The number of methoxy groups -OCH3 is 1. The number of nitrogens with zero attached hydrogens (tertiary/aromatic N) is 2. The Bertz CT molecular complexity index is 1090. The van der Waals surface area contributed by atoms with Crippen LogP contribution in [-0.4, -0.2) is 12.8 Å². The summed E-state index contributed by atoms with van der Waals surface area (Å²) in [6, 6.07) is 15.3. The molecule has 3 aromatic carbocycles. The highest BCUT2D eigenvalue weighted by molar-refractivity contribution is 6.03. The van der Waals surface area contributed by atoms with Crippen LogP contribution in [0, 0.1) is 29.1 Å². The lowest BCUT2D eigenvalue weighted by molar-refractivity contribution is 0.377. The van der Waals surface area contributed by atoms with Gasteiger partial charge in [0.05, 0.1) is 30.1 Å². The minimum atomic E-state index is -2.20. The maximum Gasteiger partial charge on any atom is 0.200 e. The van der Waals surface area contributed by atoms with Gasteiger partial charge in [-0.2, -0.15) is 5.10 Å². The van der Waals surface area contributed by atoms with Gasteiger partial charge in [-0.1, -0.05) is 30.3 Å². The van der Waals surface area contributed by atoms with Crippen molar-refractivity contribution < 1.29 is 26.7 Å². The van der Waals surface area contributed by atoms with E-state index >= 15 is 0 Å². The molecule has 0 radical (unpaired) electrons. The average Bonchev–Trinajstić information content (AvgIpc) is 3.22. The summed E-state index contributed by atoms with van der Waals surface area (Å²) < 4.78 is 74.8. The molecular formula is C22H15F5N2O. The van der Waals surface area contributed by atoms with Gasteiger partial charge in [0.2, 0.25) is 5.82 Å². The van der Waals surface area contributed by atoms with E-state index in [-0.39, 0.29) is 12.1 Å². The van der Waals surface area contributed by atoms with E-state index in [1.165, 1.54) is 12.1 Å². The molecule has 0 N–H and O–H groups in total. The predicted octanol–water partition coefficient (Wildman–Crippen LogP) is 5.75. The maximum absolute atomic E-state index is 14.4. The fourth-order valence-electron chi connectivity index (χ4n) is 3.43. The number of ether oxygens (including phenoxy) is 1. The second-order valence-corrected chi connectivity index (χ2v) is 6.66. The SMILES string of the molecule is COc1ccc(N2N=C(c3c(F)c(F)c(F)c(F)c3F)C[C@H]2c2ccccc2)cc1. The molecule has 0 unspecified atom stereocenters. The lowest BCUT2D eigenvalue weighted by atomic mass is 9.97. The summed E-state index contributed by atoms with van der Waals surface area (Å²) >= 11 is 0. The first-order valence-electron chi connectivity index (χ1n) is 9.00. The molecule has 1 aliphatic heterocycles. The zero-order valence-corrected chi connectivity index (χ0v) is 15.7.